The average molecular weight is 479 g/mol. The highest BCUT2D eigenvalue weighted by atomic mass is 32.1. The Morgan fingerprint density at radius 2 is 2.15 bits per heavy atom. The number of benzene rings is 1. The lowest BCUT2D eigenvalue weighted by Gasteiger charge is -2.13. The van der Waals surface area contributed by atoms with Gasteiger partial charge in [-0.2, -0.15) is 5.10 Å². The number of thiazole rings is 1. The van der Waals surface area contributed by atoms with Crippen LogP contribution in [0, 0.1) is 5.92 Å². The van der Waals surface area contributed by atoms with Crippen LogP contribution in [0.5, 0.6) is 0 Å². The molecule has 3 aromatic heterocycles. The molecule has 1 atom stereocenters. The van der Waals surface area contributed by atoms with E-state index in [1.165, 1.54) is 32.0 Å². The van der Waals surface area contributed by atoms with E-state index in [1.807, 2.05) is 23.7 Å². The number of aromatic nitrogens is 3. The van der Waals surface area contributed by atoms with Gasteiger partial charge in [0.1, 0.15) is 10.8 Å². The van der Waals surface area contributed by atoms with Gasteiger partial charge in [0.25, 0.3) is 0 Å². The first kappa shape index (κ1) is 22.4. The SMILES string of the molecule is CCC(C)CCCC(=O)Cc1sc2c(c1-c1nc3cc(-c4cn[nH]c4)ccc3s1)CCNC2. The maximum Gasteiger partial charge on any atom is 0.138 e. The summed E-state index contributed by atoms with van der Waals surface area (Å²) in [6.45, 7) is 6.37. The van der Waals surface area contributed by atoms with Gasteiger partial charge in [0, 0.05) is 46.5 Å². The Balaban J connectivity index is 1.45. The molecule has 0 aliphatic carbocycles. The third-order valence-corrected chi connectivity index (χ3v) is 8.93. The summed E-state index contributed by atoms with van der Waals surface area (Å²) in [5.41, 5.74) is 5.82. The second-order valence-corrected chi connectivity index (χ2v) is 11.3. The Bertz CT molecular complexity index is 1260. The molecule has 0 bridgehead atoms. The van der Waals surface area contributed by atoms with Crippen molar-refractivity contribution in [1.82, 2.24) is 20.5 Å². The van der Waals surface area contributed by atoms with E-state index in [9.17, 15) is 4.79 Å². The van der Waals surface area contributed by atoms with Gasteiger partial charge < -0.3 is 5.32 Å². The van der Waals surface area contributed by atoms with Crippen molar-refractivity contribution in [1.29, 1.82) is 0 Å². The molecule has 5 rings (SSSR count). The van der Waals surface area contributed by atoms with E-state index in [-0.39, 0.29) is 0 Å². The smallest absolute Gasteiger partial charge is 0.138 e. The molecule has 7 heteroatoms. The molecule has 0 saturated carbocycles. The minimum atomic E-state index is 0.356. The number of nitrogens with one attached hydrogen (secondary N) is 2. The standard InChI is InChI=1S/C26H30N4OS2/c1-3-16(2)5-4-6-19(31)12-23-25(20-9-10-27-15-24(20)32-23)26-30-21-11-17(7-8-22(21)33-26)18-13-28-29-14-18/h7-8,11,13-14,16,27H,3-6,9-10,12,15H2,1-2H3,(H,28,29). The van der Waals surface area contributed by atoms with Crippen molar-refractivity contribution in [3.05, 3.63) is 45.9 Å². The van der Waals surface area contributed by atoms with Crippen molar-refractivity contribution in [2.24, 2.45) is 5.92 Å². The predicted molar refractivity (Wildman–Crippen MR) is 138 cm³/mol. The molecule has 1 aliphatic rings. The number of fused-ring (bicyclic) bond motifs is 2. The summed E-state index contributed by atoms with van der Waals surface area (Å²) in [5, 5.41) is 11.5. The number of H-pyrrole nitrogens is 1. The van der Waals surface area contributed by atoms with Crippen LogP contribution in [0.2, 0.25) is 0 Å². The van der Waals surface area contributed by atoms with Crippen LogP contribution in [0.1, 0.15) is 54.8 Å². The number of carbonyl (C=O) groups excluding carboxylic acids is 1. The van der Waals surface area contributed by atoms with Gasteiger partial charge in [-0.05, 0) is 48.6 Å². The highest BCUT2D eigenvalue weighted by Gasteiger charge is 2.25. The van der Waals surface area contributed by atoms with Crippen molar-refractivity contribution < 1.29 is 4.79 Å². The van der Waals surface area contributed by atoms with E-state index in [4.69, 9.17) is 4.98 Å². The van der Waals surface area contributed by atoms with E-state index in [2.05, 4.69) is 47.6 Å². The van der Waals surface area contributed by atoms with Gasteiger partial charge >= 0.3 is 0 Å². The number of nitrogens with zero attached hydrogens (tertiary/aromatic N) is 2. The number of hydrogen-bond donors (Lipinski definition) is 2. The van der Waals surface area contributed by atoms with E-state index in [0.717, 1.165) is 54.0 Å². The summed E-state index contributed by atoms with van der Waals surface area (Å²) in [4.78, 5) is 20.5. The summed E-state index contributed by atoms with van der Waals surface area (Å²) in [5.74, 6) is 1.05. The minimum absolute atomic E-state index is 0.356. The van der Waals surface area contributed by atoms with Crippen LogP contribution in [-0.2, 0) is 24.2 Å². The summed E-state index contributed by atoms with van der Waals surface area (Å²) in [7, 11) is 0. The number of carbonyl (C=O) groups is 1. The van der Waals surface area contributed by atoms with Gasteiger partial charge in [0.05, 0.1) is 16.4 Å². The Morgan fingerprint density at radius 3 is 2.97 bits per heavy atom. The van der Waals surface area contributed by atoms with E-state index < -0.39 is 0 Å². The van der Waals surface area contributed by atoms with Crippen LogP contribution in [0.15, 0.2) is 30.6 Å². The summed E-state index contributed by atoms with van der Waals surface area (Å²) in [6, 6.07) is 6.42. The highest BCUT2D eigenvalue weighted by Crippen LogP contribution is 2.42. The molecule has 0 fully saturated rings. The fourth-order valence-electron chi connectivity index (χ4n) is 4.51. The number of rotatable bonds is 9. The van der Waals surface area contributed by atoms with Crippen molar-refractivity contribution in [2.75, 3.05) is 6.54 Å². The Hall–Kier alpha value is -2.35. The number of thiophene rings is 1. The average Bonchev–Trinajstić information content (AvgIpc) is 3.56. The van der Waals surface area contributed by atoms with Crippen molar-refractivity contribution in [2.45, 2.75) is 58.9 Å². The van der Waals surface area contributed by atoms with Gasteiger partial charge in [-0.25, -0.2) is 4.98 Å². The van der Waals surface area contributed by atoms with Crippen molar-refractivity contribution in [3.8, 4) is 21.7 Å². The second kappa shape index (κ2) is 9.87. The largest absolute Gasteiger partial charge is 0.312 e. The summed E-state index contributed by atoms with van der Waals surface area (Å²) >= 11 is 3.55. The predicted octanol–water partition coefficient (Wildman–Crippen LogP) is 6.39. The monoisotopic (exact) mass is 478 g/mol. The third-order valence-electron chi connectivity index (χ3n) is 6.64. The maximum absolute atomic E-state index is 12.9. The molecular weight excluding hydrogens is 448 g/mol. The molecule has 2 N–H and O–H groups in total. The van der Waals surface area contributed by atoms with Gasteiger partial charge in [-0.3, -0.25) is 9.89 Å². The molecule has 172 valence electrons. The lowest BCUT2D eigenvalue weighted by Crippen LogP contribution is -2.22. The molecule has 0 radical (unpaired) electrons. The molecule has 4 aromatic rings. The maximum atomic E-state index is 12.9. The molecule has 0 saturated heterocycles. The minimum Gasteiger partial charge on any atom is -0.312 e. The fourth-order valence-corrected chi connectivity index (χ4v) is 6.97. The van der Waals surface area contributed by atoms with E-state index >= 15 is 0 Å². The van der Waals surface area contributed by atoms with Crippen LogP contribution in [0.3, 0.4) is 0 Å². The van der Waals surface area contributed by atoms with Crippen LogP contribution < -0.4 is 5.32 Å². The topological polar surface area (TPSA) is 70.7 Å². The second-order valence-electron chi connectivity index (χ2n) is 9.04. The summed E-state index contributed by atoms with van der Waals surface area (Å²) < 4.78 is 1.18. The zero-order chi connectivity index (χ0) is 22.8. The van der Waals surface area contributed by atoms with Gasteiger partial charge in [0.15, 0.2) is 0 Å². The van der Waals surface area contributed by atoms with Crippen molar-refractivity contribution in [3.63, 3.8) is 0 Å². The molecule has 1 aromatic carbocycles. The quantitative estimate of drug-likeness (QED) is 0.292. The molecule has 5 nitrogen and oxygen atoms in total. The molecule has 33 heavy (non-hydrogen) atoms. The first-order valence-electron chi connectivity index (χ1n) is 11.9. The molecule has 0 amide bonds. The Kier molecular flexibility index (Phi) is 6.71. The van der Waals surface area contributed by atoms with Crippen LogP contribution in [0.4, 0.5) is 0 Å². The number of ketones is 1. The summed E-state index contributed by atoms with van der Waals surface area (Å²) in [6.07, 6.45) is 9.26. The zero-order valence-corrected chi connectivity index (χ0v) is 20.9. The number of aromatic amines is 1. The molecular formula is C26H30N4OS2. The lowest BCUT2D eigenvalue weighted by molar-refractivity contribution is -0.118. The Morgan fingerprint density at radius 1 is 1.24 bits per heavy atom. The Labute approximate surface area is 202 Å². The van der Waals surface area contributed by atoms with Crippen LogP contribution in [-0.4, -0.2) is 27.5 Å². The van der Waals surface area contributed by atoms with Crippen LogP contribution in [0.25, 0.3) is 31.9 Å². The first-order chi connectivity index (χ1) is 16.1. The normalized spacial score (nSPS) is 14.5. The molecule has 4 heterocycles. The highest BCUT2D eigenvalue weighted by molar-refractivity contribution is 7.22. The molecule has 0 spiro atoms. The number of hydrogen-bond acceptors (Lipinski definition) is 6. The first-order valence-corrected chi connectivity index (χ1v) is 13.5. The molecule has 1 aliphatic heterocycles. The van der Waals surface area contributed by atoms with E-state index in [1.54, 1.807) is 11.3 Å². The third kappa shape index (κ3) is 4.81. The van der Waals surface area contributed by atoms with Gasteiger partial charge in [-0.1, -0.05) is 32.8 Å². The van der Waals surface area contributed by atoms with Gasteiger partial charge in [0.2, 0.25) is 0 Å². The number of Topliss-reactive ketones (excluding diaryl/α,β-unsaturated/α-hetero) is 1. The van der Waals surface area contributed by atoms with E-state index in [0.29, 0.717) is 24.5 Å². The van der Waals surface area contributed by atoms with Crippen molar-refractivity contribution >= 4 is 38.7 Å². The zero-order valence-electron chi connectivity index (χ0n) is 19.2. The fraction of sp³-hybridized carbons (Fsp3) is 0.423. The van der Waals surface area contributed by atoms with Gasteiger partial charge in [-0.15, -0.1) is 22.7 Å². The van der Waals surface area contributed by atoms with Crippen LogP contribution >= 0.6 is 22.7 Å². The molecule has 1 unspecified atom stereocenters. The lowest BCUT2D eigenvalue weighted by atomic mass is 9.98.